The van der Waals surface area contributed by atoms with Crippen molar-refractivity contribution in [3.8, 4) is 10.8 Å². The van der Waals surface area contributed by atoms with Gasteiger partial charge >= 0.3 is 0 Å². The van der Waals surface area contributed by atoms with Crippen LogP contribution in [0, 0.1) is 0 Å². The minimum absolute atomic E-state index is 0.0115. The minimum atomic E-state index is -0.0539. The van der Waals surface area contributed by atoms with Crippen LogP contribution in [-0.2, 0) is 4.79 Å². The Bertz CT molecular complexity index is 722. The predicted molar refractivity (Wildman–Crippen MR) is 89.2 cm³/mol. The predicted octanol–water partition coefficient (Wildman–Crippen LogP) is 3.83. The third kappa shape index (κ3) is 3.76. The third-order valence-corrected chi connectivity index (χ3v) is 5.54. The molecule has 0 bridgehead atoms. The molecule has 0 spiro atoms. The highest BCUT2D eigenvalue weighted by Gasteiger charge is 2.14. The minimum Gasteiger partial charge on any atom is -0.410 e. The second-order valence-corrected chi connectivity index (χ2v) is 7.30. The molecule has 1 amide bonds. The number of aromatic nitrogens is 2. The molecular formula is C14H13N3O2S3. The Kier molecular flexibility index (Phi) is 4.91. The van der Waals surface area contributed by atoms with Crippen molar-refractivity contribution in [2.45, 2.75) is 18.2 Å². The Hall–Kier alpha value is -1.64. The molecule has 1 N–H and O–H groups in total. The lowest BCUT2D eigenvalue weighted by atomic mass is 10.3. The van der Waals surface area contributed by atoms with Gasteiger partial charge in [-0.1, -0.05) is 23.9 Å². The Labute approximate surface area is 139 Å². The van der Waals surface area contributed by atoms with E-state index in [4.69, 9.17) is 4.42 Å². The molecule has 0 unspecified atom stereocenters. The van der Waals surface area contributed by atoms with Crippen molar-refractivity contribution in [1.29, 1.82) is 0 Å². The molecule has 0 radical (unpaired) electrons. The molecule has 8 heteroatoms. The Morgan fingerprint density at radius 2 is 2.14 bits per heavy atom. The van der Waals surface area contributed by atoms with E-state index in [0.717, 1.165) is 9.75 Å². The fraction of sp³-hybridized carbons (Fsp3) is 0.214. The maximum Gasteiger partial charge on any atom is 0.277 e. The molecule has 114 valence electrons. The van der Waals surface area contributed by atoms with Gasteiger partial charge in [0.15, 0.2) is 0 Å². The molecule has 0 aliphatic carbocycles. The molecule has 5 nitrogen and oxygen atoms in total. The molecule has 0 aliphatic heterocycles. The maximum atomic E-state index is 11.9. The number of nitrogens with one attached hydrogen (secondary N) is 1. The number of rotatable bonds is 6. The van der Waals surface area contributed by atoms with Gasteiger partial charge in [0.1, 0.15) is 0 Å². The largest absolute Gasteiger partial charge is 0.410 e. The van der Waals surface area contributed by atoms with E-state index in [1.807, 2.05) is 41.9 Å². The first kappa shape index (κ1) is 15.3. The number of nitrogens with zero attached hydrogens (tertiary/aromatic N) is 2. The monoisotopic (exact) mass is 351 g/mol. The first-order chi connectivity index (χ1) is 10.7. The molecule has 3 rings (SSSR count). The van der Waals surface area contributed by atoms with Crippen LogP contribution in [0.5, 0.6) is 0 Å². The van der Waals surface area contributed by atoms with E-state index in [9.17, 15) is 4.79 Å². The Morgan fingerprint density at radius 3 is 2.86 bits per heavy atom. The lowest BCUT2D eigenvalue weighted by molar-refractivity contribution is -0.119. The number of carbonyl (C=O) groups excluding carboxylic acids is 1. The van der Waals surface area contributed by atoms with Crippen LogP contribution < -0.4 is 5.32 Å². The van der Waals surface area contributed by atoms with Crippen LogP contribution >= 0.6 is 34.4 Å². The summed E-state index contributed by atoms with van der Waals surface area (Å²) in [7, 11) is 0. The number of amides is 1. The number of hydrogen-bond donors (Lipinski definition) is 1. The molecule has 3 heterocycles. The summed E-state index contributed by atoms with van der Waals surface area (Å²) < 4.78 is 5.53. The number of hydrogen-bond acceptors (Lipinski definition) is 7. The van der Waals surface area contributed by atoms with E-state index in [2.05, 4.69) is 15.5 Å². The van der Waals surface area contributed by atoms with Crippen molar-refractivity contribution in [2.24, 2.45) is 0 Å². The molecule has 3 aromatic heterocycles. The van der Waals surface area contributed by atoms with E-state index in [0.29, 0.717) is 11.1 Å². The van der Waals surface area contributed by atoms with Crippen LogP contribution in [0.15, 0.2) is 44.7 Å². The summed E-state index contributed by atoms with van der Waals surface area (Å²) in [6, 6.07) is 7.84. The molecule has 0 aromatic carbocycles. The summed E-state index contributed by atoms with van der Waals surface area (Å²) >= 11 is 4.41. The van der Waals surface area contributed by atoms with Crippen LogP contribution in [0.2, 0.25) is 0 Å². The van der Waals surface area contributed by atoms with E-state index in [1.54, 1.807) is 11.3 Å². The third-order valence-electron chi connectivity index (χ3n) is 2.81. The zero-order chi connectivity index (χ0) is 15.4. The van der Waals surface area contributed by atoms with Crippen LogP contribution in [0.1, 0.15) is 17.8 Å². The average molecular weight is 351 g/mol. The van der Waals surface area contributed by atoms with E-state index >= 15 is 0 Å². The summed E-state index contributed by atoms with van der Waals surface area (Å²) in [5.74, 6) is 0.688. The van der Waals surface area contributed by atoms with E-state index in [1.165, 1.54) is 23.1 Å². The van der Waals surface area contributed by atoms with Crippen molar-refractivity contribution in [3.05, 3.63) is 39.9 Å². The molecule has 3 aromatic rings. The normalized spacial score (nSPS) is 12.2. The van der Waals surface area contributed by atoms with Crippen molar-refractivity contribution in [3.63, 3.8) is 0 Å². The van der Waals surface area contributed by atoms with Crippen LogP contribution in [0.25, 0.3) is 10.8 Å². The number of thiophene rings is 2. The fourth-order valence-corrected chi connectivity index (χ4v) is 3.74. The number of thioether (sulfide) groups is 1. The van der Waals surface area contributed by atoms with E-state index < -0.39 is 0 Å². The number of carbonyl (C=O) groups is 1. The molecule has 0 saturated heterocycles. The van der Waals surface area contributed by atoms with Gasteiger partial charge in [0, 0.05) is 4.88 Å². The van der Waals surface area contributed by atoms with Gasteiger partial charge in [-0.2, -0.15) is 0 Å². The molecule has 22 heavy (non-hydrogen) atoms. The van der Waals surface area contributed by atoms with Gasteiger partial charge in [-0.05, 0) is 29.8 Å². The Morgan fingerprint density at radius 1 is 1.32 bits per heavy atom. The van der Waals surface area contributed by atoms with Crippen LogP contribution in [-0.4, -0.2) is 21.9 Å². The molecule has 1 atom stereocenters. The average Bonchev–Trinajstić information content (AvgIpc) is 3.25. The topological polar surface area (TPSA) is 68.0 Å². The Balaban J connectivity index is 1.51. The second kappa shape index (κ2) is 7.08. The summed E-state index contributed by atoms with van der Waals surface area (Å²) in [6.45, 7) is 1.97. The van der Waals surface area contributed by atoms with Gasteiger partial charge in [-0.15, -0.1) is 32.9 Å². The maximum absolute atomic E-state index is 11.9. The lowest BCUT2D eigenvalue weighted by Crippen LogP contribution is -2.27. The molecule has 0 saturated carbocycles. The highest BCUT2D eigenvalue weighted by molar-refractivity contribution is 7.99. The van der Waals surface area contributed by atoms with Crippen molar-refractivity contribution in [2.75, 3.05) is 5.75 Å². The summed E-state index contributed by atoms with van der Waals surface area (Å²) in [4.78, 5) is 14.0. The van der Waals surface area contributed by atoms with Gasteiger partial charge in [0.2, 0.25) is 5.91 Å². The first-order valence-corrected chi connectivity index (χ1v) is 9.30. The van der Waals surface area contributed by atoms with Gasteiger partial charge in [0.25, 0.3) is 11.1 Å². The molecular weight excluding hydrogens is 338 g/mol. The van der Waals surface area contributed by atoms with E-state index in [-0.39, 0.29) is 17.7 Å². The zero-order valence-electron chi connectivity index (χ0n) is 11.7. The first-order valence-electron chi connectivity index (χ1n) is 6.55. The van der Waals surface area contributed by atoms with Gasteiger partial charge < -0.3 is 9.73 Å². The zero-order valence-corrected chi connectivity index (χ0v) is 14.1. The highest BCUT2D eigenvalue weighted by atomic mass is 32.2. The highest BCUT2D eigenvalue weighted by Crippen LogP contribution is 2.26. The van der Waals surface area contributed by atoms with Gasteiger partial charge in [-0.3, -0.25) is 4.79 Å². The fourth-order valence-electron chi connectivity index (χ4n) is 1.79. The second-order valence-electron chi connectivity index (χ2n) is 4.44. The standard InChI is InChI=1S/C14H13N3O2S3/c1-9(10-4-2-6-20-10)15-12(18)8-22-14-17-16-13(19-14)11-5-3-7-21-11/h2-7,9H,8H2,1H3,(H,15,18)/t9-/m0/s1. The van der Waals surface area contributed by atoms with Crippen molar-refractivity contribution < 1.29 is 9.21 Å². The van der Waals surface area contributed by atoms with Crippen molar-refractivity contribution in [1.82, 2.24) is 15.5 Å². The SMILES string of the molecule is C[C@H](NC(=O)CSc1nnc(-c2cccs2)o1)c1cccs1. The smallest absolute Gasteiger partial charge is 0.277 e. The summed E-state index contributed by atoms with van der Waals surface area (Å²) in [5, 5.41) is 15.2. The summed E-state index contributed by atoms with van der Waals surface area (Å²) in [6.07, 6.45) is 0. The van der Waals surface area contributed by atoms with Crippen LogP contribution in [0.4, 0.5) is 0 Å². The quantitative estimate of drug-likeness (QED) is 0.684. The lowest BCUT2D eigenvalue weighted by Gasteiger charge is -2.11. The van der Waals surface area contributed by atoms with Crippen molar-refractivity contribution >= 4 is 40.3 Å². The van der Waals surface area contributed by atoms with Gasteiger partial charge in [0.05, 0.1) is 16.7 Å². The van der Waals surface area contributed by atoms with Crippen LogP contribution in [0.3, 0.4) is 0 Å². The van der Waals surface area contributed by atoms with Gasteiger partial charge in [-0.25, -0.2) is 0 Å². The molecule has 0 aliphatic rings. The summed E-state index contributed by atoms with van der Waals surface area (Å²) in [5.41, 5.74) is 0. The molecule has 0 fully saturated rings.